The second-order valence-corrected chi connectivity index (χ2v) is 6.52. The van der Waals surface area contributed by atoms with Crippen molar-refractivity contribution in [3.05, 3.63) is 23.8 Å². The number of aromatic hydroxyl groups is 1. The van der Waals surface area contributed by atoms with E-state index in [2.05, 4.69) is 17.3 Å². The topological polar surface area (TPSA) is 44.7 Å². The maximum Gasteiger partial charge on any atom is 0.160 e. The van der Waals surface area contributed by atoms with Crippen molar-refractivity contribution in [2.75, 3.05) is 20.7 Å². The number of nitrogens with zero attached hydrogens (tertiary/aromatic N) is 1. The Labute approximate surface area is 127 Å². The SMILES string of the molecule is COc1ccc(CNCC2CC3CCC(C2)N3C)cc1O. The van der Waals surface area contributed by atoms with Crippen LogP contribution in [-0.2, 0) is 6.54 Å². The van der Waals surface area contributed by atoms with Crippen LogP contribution in [0.5, 0.6) is 11.5 Å². The van der Waals surface area contributed by atoms with Crippen LogP contribution < -0.4 is 10.1 Å². The fourth-order valence-corrected chi connectivity index (χ4v) is 3.96. The monoisotopic (exact) mass is 290 g/mol. The maximum atomic E-state index is 9.79. The molecular formula is C17H26N2O2. The molecule has 1 aromatic carbocycles. The minimum absolute atomic E-state index is 0.217. The normalized spacial score (nSPS) is 28.8. The Morgan fingerprint density at radius 1 is 1.29 bits per heavy atom. The number of phenols is 1. The number of hydrogen-bond donors (Lipinski definition) is 2. The molecule has 2 heterocycles. The average molecular weight is 290 g/mol. The number of benzene rings is 1. The lowest BCUT2D eigenvalue weighted by Crippen LogP contribution is -2.42. The first-order valence-electron chi connectivity index (χ1n) is 7.96. The predicted octanol–water partition coefficient (Wildman–Crippen LogP) is 2.36. The van der Waals surface area contributed by atoms with Crippen LogP contribution in [0.4, 0.5) is 0 Å². The molecule has 2 atom stereocenters. The molecule has 4 heteroatoms. The highest BCUT2D eigenvalue weighted by molar-refractivity contribution is 5.41. The number of phenolic OH excluding ortho intramolecular Hbond substituents is 1. The van der Waals surface area contributed by atoms with E-state index in [9.17, 15) is 5.11 Å². The number of rotatable bonds is 5. The summed E-state index contributed by atoms with van der Waals surface area (Å²) in [6.07, 6.45) is 5.41. The van der Waals surface area contributed by atoms with Crippen LogP contribution in [0.2, 0.25) is 0 Å². The van der Waals surface area contributed by atoms with E-state index in [0.717, 1.165) is 36.7 Å². The highest BCUT2D eigenvalue weighted by Crippen LogP contribution is 2.37. The lowest BCUT2D eigenvalue weighted by atomic mass is 9.91. The Balaban J connectivity index is 1.47. The second-order valence-electron chi connectivity index (χ2n) is 6.52. The molecule has 2 bridgehead atoms. The van der Waals surface area contributed by atoms with Crippen LogP contribution in [0.25, 0.3) is 0 Å². The number of hydrogen-bond acceptors (Lipinski definition) is 4. The first-order chi connectivity index (χ1) is 10.2. The van der Waals surface area contributed by atoms with Gasteiger partial charge in [0.05, 0.1) is 7.11 Å². The Morgan fingerprint density at radius 2 is 2.00 bits per heavy atom. The molecule has 2 N–H and O–H groups in total. The van der Waals surface area contributed by atoms with E-state index in [-0.39, 0.29) is 5.75 Å². The van der Waals surface area contributed by atoms with E-state index in [1.165, 1.54) is 25.7 Å². The van der Waals surface area contributed by atoms with E-state index < -0.39 is 0 Å². The number of ether oxygens (including phenoxy) is 1. The Morgan fingerprint density at radius 3 is 2.62 bits per heavy atom. The van der Waals surface area contributed by atoms with E-state index >= 15 is 0 Å². The standard InChI is InChI=1S/C17H26N2O2/c1-19-14-4-5-15(19)8-13(7-14)11-18-10-12-3-6-17(21-2)16(20)9-12/h3,6,9,13-15,18,20H,4-5,7-8,10-11H2,1-2H3. The van der Waals surface area contributed by atoms with Gasteiger partial charge < -0.3 is 20.1 Å². The predicted molar refractivity (Wildman–Crippen MR) is 83.7 cm³/mol. The lowest BCUT2D eigenvalue weighted by Gasteiger charge is -2.36. The van der Waals surface area contributed by atoms with Crippen LogP contribution >= 0.6 is 0 Å². The maximum absolute atomic E-state index is 9.79. The fourth-order valence-electron chi connectivity index (χ4n) is 3.96. The molecule has 2 aliphatic rings. The molecule has 2 unspecified atom stereocenters. The Bertz CT molecular complexity index is 478. The molecule has 0 amide bonds. The molecule has 3 rings (SSSR count). The summed E-state index contributed by atoms with van der Waals surface area (Å²) in [6, 6.07) is 7.22. The summed E-state index contributed by atoms with van der Waals surface area (Å²) < 4.78 is 5.07. The Kier molecular flexibility index (Phi) is 4.36. The van der Waals surface area contributed by atoms with Gasteiger partial charge in [0, 0.05) is 18.6 Å². The number of piperidine rings is 1. The van der Waals surface area contributed by atoms with Gasteiger partial charge in [-0.2, -0.15) is 0 Å². The molecule has 0 spiro atoms. The molecule has 0 saturated carbocycles. The molecule has 2 fully saturated rings. The van der Waals surface area contributed by atoms with E-state index in [1.807, 2.05) is 12.1 Å². The minimum Gasteiger partial charge on any atom is -0.504 e. The Hall–Kier alpha value is -1.26. The molecule has 116 valence electrons. The molecule has 21 heavy (non-hydrogen) atoms. The first-order valence-corrected chi connectivity index (χ1v) is 7.96. The highest BCUT2D eigenvalue weighted by Gasteiger charge is 2.37. The van der Waals surface area contributed by atoms with Gasteiger partial charge in [0.15, 0.2) is 11.5 Å². The summed E-state index contributed by atoms with van der Waals surface area (Å²) >= 11 is 0. The number of methoxy groups -OCH3 is 1. The van der Waals surface area contributed by atoms with Gasteiger partial charge in [0.25, 0.3) is 0 Å². The van der Waals surface area contributed by atoms with Gasteiger partial charge in [-0.3, -0.25) is 0 Å². The minimum atomic E-state index is 0.217. The molecule has 4 nitrogen and oxygen atoms in total. The molecule has 2 saturated heterocycles. The average Bonchev–Trinajstić information content (AvgIpc) is 2.70. The summed E-state index contributed by atoms with van der Waals surface area (Å²) in [6.45, 7) is 1.88. The van der Waals surface area contributed by atoms with Crippen molar-refractivity contribution in [2.24, 2.45) is 5.92 Å². The summed E-state index contributed by atoms with van der Waals surface area (Å²) in [4.78, 5) is 2.58. The van der Waals surface area contributed by atoms with Gasteiger partial charge in [-0.1, -0.05) is 6.07 Å². The fraction of sp³-hybridized carbons (Fsp3) is 0.647. The largest absolute Gasteiger partial charge is 0.504 e. The molecule has 2 aliphatic heterocycles. The van der Waals surface area contributed by atoms with Crippen LogP contribution in [0.15, 0.2) is 18.2 Å². The third kappa shape index (κ3) is 3.16. The van der Waals surface area contributed by atoms with Gasteiger partial charge in [-0.15, -0.1) is 0 Å². The van der Waals surface area contributed by atoms with Crippen molar-refractivity contribution < 1.29 is 9.84 Å². The highest BCUT2D eigenvalue weighted by atomic mass is 16.5. The van der Waals surface area contributed by atoms with Gasteiger partial charge in [0.2, 0.25) is 0 Å². The van der Waals surface area contributed by atoms with Gasteiger partial charge in [-0.25, -0.2) is 0 Å². The zero-order valence-electron chi connectivity index (χ0n) is 13.0. The van der Waals surface area contributed by atoms with Gasteiger partial charge in [-0.05, 0) is 62.9 Å². The number of fused-ring (bicyclic) bond motifs is 2. The van der Waals surface area contributed by atoms with Crippen molar-refractivity contribution in [1.29, 1.82) is 0 Å². The lowest BCUT2D eigenvalue weighted by molar-refractivity contribution is 0.133. The summed E-state index contributed by atoms with van der Waals surface area (Å²) in [5.41, 5.74) is 1.10. The van der Waals surface area contributed by atoms with Gasteiger partial charge >= 0.3 is 0 Å². The van der Waals surface area contributed by atoms with Crippen molar-refractivity contribution in [1.82, 2.24) is 10.2 Å². The smallest absolute Gasteiger partial charge is 0.160 e. The van der Waals surface area contributed by atoms with Crippen LogP contribution in [-0.4, -0.2) is 42.8 Å². The van der Waals surface area contributed by atoms with Crippen LogP contribution in [0, 0.1) is 5.92 Å². The zero-order chi connectivity index (χ0) is 14.8. The molecule has 1 aromatic rings. The third-order valence-corrected chi connectivity index (χ3v) is 5.20. The van der Waals surface area contributed by atoms with E-state index in [4.69, 9.17) is 4.74 Å². The van der Waals surface area contributed by atoms with Crippen molar-refractivity contribution in [2.45, 2.75) is 44.3 Å². The second kappa shape index (κ2) is 6.24. The summed E-state index contributed by atoms with van der Waals surface area (Å²) in [5, 5.41) is 13.3. The van der Waals surface area contributed by atoms with Crippen LogP contribution in [0.1, 0.15) is 31.2 Å². The number of nitrogens with one attached hydrogen (secondary N) is 1. The van der Waals surface area contributed by atoms with Crippen LogP contribution in [0.3, 0.4) is 0 Å². The third-order valence-electron chi connectivity index (χ3n) is 5.20. The molecule has 0 radical (unpaired) electrons. The van der Waals surface area contributed by atoms with Crippen molar-refractivity contribution >= 4 is 0 Å². The molecule has 0 aromatic heterocycles. The summed E-state index contributed by atoms with van der Waals surface area (Å²) in [5.74, 6) is 1.55. The van der Waals surface area contributed by atoms with Crippen molar-refractivity contribution in [3.8, 4) is 11.5 Å². The first kappa shape index (κ1) is 14.7. The summed E-state index contributed by atoms with van der Waals surface area (Å²) in [7, 11) is 3.85. The zero-order valence-corrected chi connectivity index (χ0v) is 13.0. The van der Waals surface area contributed by atoms with Gasteiger partial charge in [0.1, 0.15) is 0 Å². The van der Waals surface area contributed by atoms with E-state index in [0.29, 0.717) is 5.75 Å². The van der Waals surface area contributed by atoms with E-state index in [1.54, 1.807) is 13.2 Å². The van der Waals surface area contributed by atoms with Crippen molar-refractivity contribution in [3.63, 3.8) is 0 Å². The molecule has 0 aliphatic carbocycles. The quantitative estimate of drug-likeness (QED) is 0.874. The molecular weight excluding hydrogens is 264 g/mol.